The molecule has 3 atom stereocenters. The van der Waals surface area contributed by atoms with Gasteiger partial charge in [0.15, 0.2) is 0 Å². The zero-order valence-corrected chi connectivity index (χ0v) is 19.4. The van der Waals surface area contributed by atoms with Gasteiger partial charge in [-0.25, -0.2) is 4.79 Å². The average molecular weight is 427 g/mol. The first-order valence-electron chi connectivity index (χ1n) is 11.2. The first kappa shape index (κ1) is 21.7. The lowest BCUT2D eigenvalue weighted by atomic mass is 9.95. The summed E-state index contributed by atoms with van der Waals surface area (Å²) in [4.78, 5) is 27.3. The lowest BCUT2D eigenvalue weighted by Crippen LogP contribution is -2.44. The molecule has 0 unspecified atom stereocenters. The summed E-state index contributed by atoms with van der Waals surface area (Å²) < 4.78 is 7.38. The van der Waals surface area contributed by atoms with Crippen molar-refractivity contribution in [2.24, 2.45) is 24.8 Å². The first-order chi connectivity index (χ1) is 14.4. The quantitative estimate of drug-likeness (QED) is 0.810. The largest absolute Gasteiger partial charge is 0.444 e. The normalized spacial score (nSPS) is 23.8. The predicted octanol–water partition coefficient (Wildman–Crippen LogP) is 3.82. The van der Waals surface area contributed by atoms with Crippen molar-refractivity contribution >= 4 is 22.9 Å². The fourth-order valence-electron chi connectivity index (χ4n) is 5.13. The molecular formula is C24H34N4O3. The van der Waals surface area contributed by atoms with Gasteiger partial charge in [0.05, 0.1) is 16.7 Å². The van der Waals surface area contributed by atoms with E-state index >= 15 is 0 Å². The number of para-hydroxylation sites is 1. The van der Waals surface area contributed by atoms with Crippen molar-refractivity contribution in [1.29, 1.82) is 0 Å². The Morgan fingerprint density at radius 1 is 1.06 bits per heavy atom. The monoisotopic (exact) mass is 426 g/mol. The zero-order chi connectivity index (χ0) is 22.6. The van der Waals surface area contributed by atoms with Crippen LogP contribution in [-0.4, -0.2) is 45.4 Å². The SMILES string of the molecule is Cn1nc(C(C)(C)NC(=O)[C@H]2C[C@@H]3CN(C(=O)OC(C)(C)C)C[C@@H]3C2)c2ccccc21. The lowest BCUT2D eigenvalue weighted by molar-refractivity contribution is -0.126. The third-order valence-corrected chi connectivity index (χ3v) is 6.56. The van der Waals surface area contributed by atoms with Gasteiger partial charge >= 0.3 is 6.09 Å². The van der Waals surface area contributed by atoms with Gasteiger partial charge in [-0.15, -0.1) is 0 Å². The molecule has 7 heteroatoms. The summed E-state index contributed by atoms with van der Waals surface area (Å²) in [5, 5.41) is 9.02. The minimum atomic E-state index is -0.571. The summed E-state index contributed by atoms with van der Waals surface area (Å²) in [6.07, 6.45) is 1.38. The number of benzene rings is 1. The predicted molar refractivity (Wildman–Crippen MR) is 119 cm³/mol. The number of hydrogen-bond donors (Lipinski definition) is 1. The molecule has 1 aliphatic carbocycles. The van der Waals surface area contributed by atoms with Gasteiger partial charge in [-0.2, -0.15) is 5.10 Å². The van der Waals surface area contributed by atoms with E-state index in [1.807, 2.05) is 64.5 Å². The van der Waals surface area contributed by atoms with Crippen LogP contribution in [0.2, 0.25) is 0 Å². The minimum Gasteiger partial charge on any atom is -0.444 e. The molecule has 1 aromatic heterocycles. The van der Waals surface area contributed by atoms with Gasteiger partial charge in [0.1, 0.15) is 5.60 Å². The zero-order valence-electron chi connectivity index (χ0n) is 19.4. The number of ether oxygens (including phenoxy) is 1. The van der Waals surface area contributed by atoms with Crippen LogP contribution in [0.1, 0.15) is 53.2 Å². The highest BCUT2D eigenvalue weighted by molar-refractivity contribution is 5.85. The van der Waals surface area contributed by atoms with Crippen LogP contribution in [0.3, 0.4) is 0 Å². The van der Waals surface area contributed by atoms with E-state index in [9.17, 15) is 9.59 Å². The van der Waals surface area contributed by atoms with Crippen molar-refractivity contribution in [3.8, 4) is 0 Å². The number of aromatic nitrogens is 2. The van der Waals surface area contributed by atoms with Gasteiger partial charge < -0.3 is 15.0 Å². The maximum atomic E-state index is 13.2. The van der Waals surface area contributed by atoms with Crippen molar-refractivity contribution in [3.05, 3.63) is 30.0 Å². The van der Waals surface area contributed by atoms with Crippen LogP contribution in [0.15, 0.2) is 24.3 Å². The highest BCUT2D eigenvalue weighted by atomic mass is 16.6. The van der Waals surface area contributed by atoms with E-state index < -0.39 is 11.1 Å². The first-order valence-corrected chi connectivity index (χ1v) is 11.2. The average Bonchev–Trinajstić information content (AvgIpc) is 3.32. The Bertz CT molecular complexity index is 990. The Kier molecular flexibility index (Phi) is 5.26. The number of rotatable bonds is 3. The molecule has 0 spiro atoms. The van der Waals surface area contributed by atoms with E-state index in [0.717, 1.165) is 29.4 Å². The van der Waals surface area contributed by atoms with Crippen molar-refractivity contribution < 1.29 is 14.3 Å². The summed E-state index contributed by atoms with van der Waals surface area (Å²) in [5.41, 5.74) is 0.877. The number of amides is 2. The van der Waals surface area contributed by atoms with Gasteiger partial charge in [-0.3, -0.25) is 9.48 Å². The third-order valence-electron chi connectivity index (χ3n) is 6.56. The van der Waals surface area contributed by atoms with Crippen LogP contribution in [-0.2, 0) is 22.1 Å². The second kappa shape index (κ2) is 7.53. The van der Waals surface area contributed by atoms with Crippen molar-refractivity contribution in [3.63, 3.8) is 0 Å². The Morgan fingerprint density at radius 2 is 1.68 bits per heavy atom. The molecule has 2 aromatic rings. The van der Waals surface area contributed by atoms with Crippen molar-refractivity contribution in [2.45, 2.75) is 58.6 Å². The Balaban J connectivity index is 1.39. The number of hydrogen-bond acceptors (Lipinski definition) is 4. The maximum Gasteiger partial charge on any atom is 0.410 e. The van der Waals surface area contributed by atoms with Crippen molar-refractivity contribution in [2.75, 3.05) is 13.1 Å². The lowest BCUT2D eigenvalue weighted by Gasteiger charge is -2.27. The van der Waals surface area contributed by atoms with Gasteiger partial charge in [0.25, 0.3) is 0 Å². The molecule has 31 heavy (non-hydrogen) atoms. The van der Waals surface area contributed by atoms with Gasteiger partial charge in [0.2, 0.25) is 5.91 Å². The molecule has 168 valence electrons. The van der Waals surface area contributed by atoms with E-state index in [2.05, 4.69) is 11.4 Å². The molecular weight excluding hydrogens is 392 g/mol. The number of aryl methyl sites for hydroxylation is 1. The van der Waals surface area contributed by atoms with E-state index in [1.54, 1.807) is 4.90 Å². The maximum absolute atomic E-state index is 13.2. The second-order valence-corrected chi connectivity index (χ2v) is 10.7. The molecule has 2 amide bonds. The summed E-state index contributed by atoms with van der Waals surface area (Å²) >= 11 is 0. The third kappa shape index (κ3) is 4.27. The summed E-state index contributed by atoms with van der Waals surface area (Å²) in [7, 11) is 1.93. The number of nitrogens with zero attached hydrogens (tertiary/aromatic N) is 3. The van der Waals surface area contributed by atoms with Crippen LogP contribution in [0.25, 0.3) is 10.9 Å². The standard InChI is InChI=1S/C24H34N4O3/c1-23(2,3)31-22(30)28-13-16-11-15(12-17(16)14-28)21(29)25-24(4,5)20-18-9-7-8-10-19(18)27(6)26-20/h7-10,15-17H,11-14H2,1-6H3,(H,25,29)/t15-,16+,17-. The number of fused-ring (bicyclic) bond motifs is 2. The smallest absolute Gasteiger partial charge is 0.410 e. The fourth-order valence-corrected chi connectivity index (χ4v) is 5.13. The van der Waals surface area contributed by atoms with Gasteiger partial charge in [-0.1, -0.05) is 18.2 Å². The highest BCUT2D eigenvalue weighted by Gasteiger charge is 2.46. The van der Waals surface area contributed by atoms with Crippen LogP contribution in [0.5, 0.6) is 0 Å². The molecule has 2 aliphatic rings. The second-order valence-electron chi connectivity index (χ2n) is 10.7. The number of nitrogens with one attached hydrogen (secondary N) is 1. The van der Waals surface area contributed by atoms with E-state index in [1.165, 1.54) is 0 Å². The van der Waals surface area contributed by atoms with Gasteiger partial charge in [-0.05, 0) is 65.4 Å². The Hall–Kier alpha value is -2.57. The molecule has 1 saturated carbocycles. The molecule has 1 aliphatic heterocycles. The molecule has 1 aromatic carbocycles. The van der Waals surface area contributed by atoms with E-state index in [4.69, 9.17) is 9.84 Å². The molecule has 1 saturated heterocycles. The summed E-state index contributed by atoms with van der Waals surface area (Å²) in [5.74, 6) is 0.784. The highest BCUT2D eigenvalue weighted by Crippen LogP contribution is 2.42. The van der Waals surface area contributed by atoms with Crippen LogP contribution >= 0.6 is 0 Å². The Morgan fingerprint density at radius 3 is 2.29 bits per heavy atom. The Labute approximate surface area is 184 Å². The van der Waals surface area contributed by atoms with E-state index in [0.29, 0.717) is 24.9 Å². The number of carbonyl (C=O) groups excluding carboxylic acids is 2. The molecule has 1 N–H and O–H groups in total. The minimum absolute atomic E-state index is 0.0231. The molecule has 2 fully saturated rings. The molecule has 4 rings (SSSR count). The van der Waals surface area contributed by atoms with E-state index in [-0.39, 0.29) is 17.9 Å². The molecule has 0 radical (unpaired) electrons. The molecule has 7 nitrogen and oxygen atoms in total. The molecule has 2 heterocycles. The number of carbonyl (C=O) groups is 2. The van der Waals surface area contributed by atoms with Crippen LogP contribution < -0.4 is 5.32 Å². The summed E-state index contributed by atoms with van der Waals surface area (Å²) in [6, 6.07) is 8.09. The topological polar surface area (TPSA) is 76.5 Å². The summed E-state index contributed by atoms with van der Waals surface area (Å²) in [6.45, 7) is 11.0. The fraction of sp³-hybridized carbons (Fsp3) is 0.625. The number of likely N-dealkylation sites (tertiary alicyclic amines) is 1. The van der Waals surface area contributed by atoms with Crippen molar-refractivity contribution in [1.82, 2.24) is 20.0 Å². The molecule has 0 bridgehead atoms. The van der Waals surface area contributed by atoms with Crippen LogP contribution in [0.4, 0.5) is 4.79 Å². The van der Waals surface area contributed by atoms with Gasteiger partial charge in [0, 0.05) is 31.4 Å². The van der Waals surface area contributed by atoms with Crippen LogP contribution in [0, 0.1) is 17.8 Å².